The number of methoxy groups -OCH3 is 2. The molecule has 0 amide bonds. The maximum absolute atomic E-state index is 5.27. The minimum Gasteiger partial charge on any atom is -0.497 e. The summed E-state index contributed by atoms with van der Waals surface area (Å²) in [6.07, 6.45) is 3.85. The average Bonchev–Trinajstić information content (AvgIpc) is 2.90. The second-order valence-electron chi connectivity index (χ2n) is 4.85. The van der Waals surface area contributed by atoms with Gasteiger partial charge in [-0.05, 0) is 6.92 Å². The van der Waals surface area contributed by atoms with Gasteiger partial charge >= 0.3 is 0 Å². The van der Waals surface area contributed by atoms with E-state index in [4.69, 9.17) is 9.47 Å². The Kier molecular flexibility index (Phi) is 5.71. The molecule has 0 bridgehead atoms. The number of imidazole rings is 1. The molecular formula is C15H22N4O2. The quantitative estimate of drug-likeness (QED) is 0.744. The molecule has 0 atom stereocenters. The molecule has 0 saturated heterocycles. The molecule has 0 aliphatic heterocycles. The molecule has 114 valence electrons. The first-order valence-corrected chi connectivity index (χ1v) is 6.93. The molecule has 2 aromatic heterocycles. The standard InChI is InChI=1S/C15H22N4O2/c1-12-6-15(21-3)7-13(18-12)9-19-10-14(17-11-19)8-16-4-5-20-2/h6-7,10-11,16H,4-5,8-9H2,1-3H3. The number of nitrogens with one attached hydrogen (secondary N) is 1. The van der Waals surface area contributed by atoms with Crippen LogP contribution in [0.25, 0.3) is 0 Å². The van der Waals surface area contributed by atoms with Gasteiger partial charge < -0.3 is 19.4 Å². The van der Waals surface area contributed by atoms with Crippen molar-refractivity contribution in [1.82, 2.24) is 19.9 Å². The van der Waals surface area contributed by atoms with Gasteiger partial charge in [-0.1, -0.05) is 0 Å². The number of aryl methyl sites for hydroxylation is 1. The molecule has 6 heteroatoms. The minimum absolute atomic E-state index is 0.684. The van der Waals surface area contributed by atoms with Crippen molar-refractivity contribution >= 4 is 0 Å². The SMILES string of the molecule is COCCNCc1cn(Cc2cc(OC)cc(C)n2)cn1. The second-order valence-corrected chi connectivity index (χ2v) is 4.85. The summed E-state index contributed by atoms with van der Waals surface area (Å²) < 4.78 is 12.3. The molecule has 0 unspecified atom stereocenters. The predicted molar refractivity (Wildman–Crippen MR) is 80.4 cm³/mol. The minimum atomic E-state index is 0.684. The molecule has 0 saturated carbocycles. The van der Waals surface area contributed by atoms with Crippen molar-refractivity contribution in [3.8, 4) is 5.75 Å². The van der Waals surface area contributed by atoms with Crippen molar-refractivity contribution in [2.24, 2.45) is 0 Å². The molecule has 0 aliphatic carbocycles. The van der Waals surface area contributed by atoms with Gasteiger partial charge in [0.15, 0.2) is 0 Å². The third kappa shape index (κ3) is 4.84. The lowest BCUT2D eigenvalue weighted by Gasteiger charge is -2.06. The Morgan fingerprint density at radius 1 is 1.24 bits per heavy atom. The molecule has 2 heterocycles. The largest absolute Gasteiger partial charge is 0.497 e. The van der Waals surface area contributed by atoms with Gasteiger partial charge in [-0.3, -0.25) is 4.98 Å². The fourth-order valence-electron chi connectivity index (χ4n) is 2.06. The third-order valence-electron chi connectivity index (χ3n) is 3.04. The lowest BCUT2D eigenvalue weighted by atomic mass is 10.3. The first-order valence-electron chi connectivity index (χ1n) is 6.93. The van der Waals surface area contributed by atoms with Crippen LogP contribution >= 0.6 is 0 Å². The van der Waals surface area contributed by atoms with E-state index in [1.165, 1.54) is 0 Å². The summed E-state index contributed by atoms with van der Waals surface area (Å²) >= 11 is 0. The van der Waals surface area contributed by atoms with Crippen LogP contribution in [0, 0.1) is 6.92 Å². The number of pyridine rings is 1. The van der Waals surface area contributed by atoms with E-state index in [0.29, 0.717) is 13.2 Å². The monoisotopic (exact) mass is 290 g/mol. The zero-order chi connectivity index (χ0) is 15.1. The van der Waals surface area contributed by atoms with E-state index in [1.807, 2.05) is 36.1 Å². The summed E-state index contributed by atoms with van der Waals surface area (Å²) in [5, 5.41) is 3.27. The maximum Gasteiger partial charge on any atom is 0.122 e. The Bertz CT molecular complexity index is 569. The molecule has 0 aliphatic rings. The molecular weight excluding hydrogens is 268 g/mol. The smallest absolute Gasteiger partial charge is 0.122 e. The van der Waals surface area contributed by atoms with Gasteiger partial charge in [0.1, 0.15) is 5.75 Å². The van der Waals surface area contributed by atoms with Crippen LogP contribution in [0.5, 0.6) is 5.75 Å². The van der Waals surface area contributed by atoms with Crippen LogP contribution in [0.2, 0.25) is 0 Å². The highest BCUT2D eigenvalue weighted by molar-refractivity contribution is 5.26. The Morgan fingerprint density at radius 3 is 2.86 bits per heavy atom. The summed E-state index contributed by atoms with van der Waals surface area (Å²) in [4.78, 5) is 8.89. The van der Waals surface area contributed by atoms with Crippen molar-refractivity contribution in [3.05, 3.63) is 41.7 Å². The third-order valence-corrected chi connectivity index (χ3v) is 3.04. The molecule has 0 aromatic carbocycles. The fourth-order valence-corrected chi connectivity index (χ4v) is 2.06. The summed E-state index contributed by atoms with van der Waals surface area (Å²) in [5.41, 5.74) is 2.92. The zero-order valence-corrected chi connectivity index (χ0v) is 12.8. The van der Waals surface area contributed by atoms with Crippen LogP contribution < -0.4 is 10.1 Å². The average molecular weight is 290 g/mol. The number of rotatable bonds is 8. The lowest BCUT2D eigenvalue weighted by molar-refractivity contribution is 0.199. The number of hydrogen-bond acceptors (Lipinski definition) is 5. The van der Waals surface area contributed by atoms with Gasteiger partial charge in [0, 0.05) is 44.2 Å². The molecule has 1 N–H and O–H groups in total. The van der Waals surface area contributed by atoms with Gasteiger partial charge in [-0.2, -0.15) is 0 Å². The summed E-state index contributed by atoms with van der Waals surface area (Å²) in [5.74, 6) is 0.832. The molecule has 2 aromatic rings. The highest BCUT2D eigenvalue weighted by atomic mass is 16.5. The summed E-state index contributed by atoms with van der Waals surface area (Å²) in [6.45, 7) is 4.91. The number of hydrogen-bond donors (Lipinski definition) is 1. The summed E-state index contributed by atoms with van der Waals surface area (Å²) in [6, 6.07) is 3.87. The molecule has 0 radical (unpaired) electrons. The normalized spacial score (nSPS) is 10.8. The molecule has 2 rings (SSSR count). The van der Waals surface area contributed by atoms with E-state index in [2.05, 4.69) is 15.3 Å². The van der Waals surface area contributed by atoms with Crippen molar-refractivity contribution in [2.75, 3.05) is 27.4 Å². The molecule has 0 fully saturated rings. The topological polar surface area (TPSA) is 61.2 Å². The van der Waals surface area contributed by atoms with Crippen LogP contribution in [-0.4, -0.2) is 41.9 Å². The van der Waals surface area contributed by atoms with Crippen molar-refractivity contribution in [1.29, 1.82) is 0 Å². The van der Waals surface area contributed by atoms with Crippen molar-refractivity contribution in [2.45, 2.75) is 20.0 Å². The highest BCUT2D eigenvalue weighted by Gasteiger charge is 2.03. The first kappa shape index (κ1) is 15.5. The lowest BCUT2D eigenvalue weighted by Crippen LogP contribution is -2.18. The maximum atomic E-state index is 5.27. The van der Waals surface area contributed by atoms with Gasteiger partial charge in [0.05, 0.1) is 38.0 Å². The molecule has 0 spiro atoms. The van der Waals surface area contributed by atoms with Gasteiger partial charge in [0.2, 0.25) is 0 Å². The van der Waals surface area contributed by atoms with E-state index in [0.717, 1.165) is 35.9 Å². The first-order chi connectivity index (χ1) is 10.2. The second kappa shape index (κ2) is 7.75. The van der Waals surface area contributed by atoms with Crippen molar-refractivity contribution in [3.63, 3.8) is 0 Å². The van der Waals surface area contributed by atoms with E-state index in [1.54, 1.807) is 14.2 Å². The Balaban J connectivity index is 1.94. The van der Waals surface area contributed by atoms with E-state index < -0.39 is 0 Å². The van der Waals surface area contributed by atoms with Crippen LogP contribution in [0.3, 0.4) is 0 Å². The molecule has 21 heavy (non-hydrogen) atoms. The van der Waals surface area contributed by atoms with Crippen LogP contribution in [0.15, 0.2) is 24.7 Å². The van der Waals surface area contributed by atoms with E-state index in [-0.39, 0.29) is 0 Å². The number of ether oxygens (including phenoxy) is 2. The van der Waals surface area contributed by atoms with Crippen LogP contribution in [0.1, 0.15) is 17.1 Å². The van der Waals surface area contributed by atoms with Crippen LogP contribution in [-0.2, 0) is 17.8 Å². The van der Waals surface area contributed by atoms with Gasteiger partial charge in [-0.15, -0.1) is 0 Å². The van der Waals surface area contributed by atoms with Gasteiger partial charge in [0.25, 0.3) is 0 Å². The Morgan fingerprint density at radius 2 is 2.10 bits per heavy atom. The van der Waals surface area contributed by atoms with E-state index >= 15 is 0 Å². The number of aromatic nitrogens is 3. The highest BCUT2D eigenvalue weighted by Crippen LogP contribution is 2.14. The van der Waals surface area contributed by atoms with Crippen LogP contribution in [0.4, 0.5) is 0 Å². The summed E-state index contributed by atoms with van der Waals surface area (Å²) in [7, 11) is 3.36. The van der Waals surface area contributed by atoms with Crippen molar-refractivity contribution < 1.29 is 9.47 Å². The van der Waals surface area contributed by atoms with E-state index in [9.17, 15) is 0 Å². The zero-order valence-electron chi connectivity index (χ0n) is 12.8. The fraction of sp³-hybridized carbons (Fsp3) is 0.467. The number of nitrogens with zero attached hydrogens (tertiary/aromatic N) is 3. The Labute approximate surface area is 125 Å². The molecule has 6 nitrogen and oxygen atoms in total. The Hall–Kier alpha value is -1.92. The van der Waals surface area contributed by atoms with Gasteiger partial charge in [-0.25, -0.2) is 4.98 Å². The predicted octanol–water partition coefficient (Wildman–Crippen LogP) is 1.38.